The third-order valence-electron chi connectivity index (χ3n) is 4.64. The van der Waals surface area contributed by atoms with E-state index in [0.29, 0.717) is 6.04 Å². The topological polar surface area (TPSA) is 42.9 Å². The van der Waals surface area contributed by atoms with Crippen molar-refractivity contribution in [2.45, 2.75) is 46.2 Å². The Morgan fingerprint density at radius 1 is 1.04 bits per heavy atom. The quantitative estimate of drug-likeness (QED) is 0.404. The van der Waals surface area contributed by atoms with Crippen molar-refractivity contribution in [1.82, 2.24) is 20.4 Å². The number of guanidine groups is 1. The van der Waals surface area contributed by atoms with E-state index in [4.69, 9.17) is 0 Å². The normalized spacial score (nSPS) is 16.8. The number of hydrogen-bond donors (Lipinski definition) is 2. The zero-order valence-electron chi connectivity index (χ0n) is 16.9. The van der Waals surface area contributed by atoms with Crippen LogP contribution in [0, 0.1) is 0 Å². The van der Waals surface area contributed by atoms with Gasteiger partial charge in [0.25, 0.3) is 0 Å². The van der Waals surface area contributed by atoms with Gasteiger partial charge in [-0.25, -0.2) is 0 Å². The van der Waals surface area contributed by atoms with E-state index in [9.17, 15) is 0 Å². The van der Waals surface area contributed by atoms with Crippen LogP contribution in [0.4, 0.5) is 0 Å². The number of rotatable bonds is 9. The molecule has 0 spiro atoms. The molecule has 0 aromatic heterocycles. The number of aliphatic imine (C=N–C) groups is 1. The average Bonchev–Trinajstić information content (AvgIpc) is 2.63. The van der Waals surface area contributed by atoms with Crippen LogP contribution >= 0.6 is 0 Å². The van der Waals surface area contributed by atoms with Crippen LogP contribution in [0.15, 0.2) is 35.3 Å². The van der Waals surface area contributed by atoms with Crippen molar-refractivity contribution in [1.29, 1.82) is 0 Å². The van der Waals surface area contributed by atoms with E-state index in [1.165, 1.54) is 44.7 Å². The molecule has 0 saturated carbocycles. The molecule has 0 amide bonds. The van der Waals surface area contributed by atoms with Gasteiger partial charge in [0.15, 0.2) is 5.96 Å². The van der Waals surface area contributed by atoms with Gasteiger partial charge in [0.2, 0.25) is 0 Å². The second-order valence-electron chi connectivity index (χ2n) is 7.37. The minimum atomic E-state index is 0.417. The van der Waals surface area contributed by atoms with E-state index in [1.54, 1.807) is 0 Å². The molecular weight excluding hydrogens is 322 g/mol. The van der Waals surface area contributed by atoms with E-state index < -0.39 is 0 Å². The maximum atomic E-state index is 4.66. The van der Waals surface area contributed by atoms with Crippen LogP contribution in [0.5, 0.6) is 0 Å². The van der Waals surface area contributed by atoms with Gasteiger partial charge in [0.05, 0.1) is 0 Å². The van der Waals surface area contributed by atoms with Crippen LogP contribution < -0.4 is 10.6 Å². The lowest BCUT2D eigenvalue weighted by molar-refractivity contribution is 0.126. The second-order valence-corrected chi connectivity index (χ2v) is 7.37. The molecular formula is C21H37N5. The first kappa shape index (κ1) is 20.7. The van der Waals surface area contributed by atoms with Crippen molar-refractivity contribution < 1.29 is 0 Å². The van der Waals surface area contributed by atoms with Gasteiger partial charge in [-0.3, -0.25) is 9.89 Å². The Morgan fingerprint density at radius 3 is 2.38 bits per heavy atom. The summed E-state index contributed by atoms with van der Waals surface area (Å²) in [5, 5.41) is 6.67. The Balaban J connectivity index is 1.58. The highest BCUT2D eigenvalue weighted by atomic mass is 15.3. The number of hydrogen-bond acceptors (Lipinski definition) is 3. The summed E-state index contributed by atoms with van der Waals surface area (Å²) in [6, 6.07) is 11.2. The zero-order chi connectivity index (χ0) is 18.6. The first-order chi connectivity index (χ1) is 12.7. The highest BCUT2D eigenvalue weighted by Gasteiger charge is 2.16. The molecule has 1 fully saturated rings. The predicted molar refractivity (Wildman–Crippen MR) is 112 cm³/mol. The van der Waals surface area contributed by atoms with Crippen LogP contribution in [0.2, 0.25) is 0 Å². The number of nitrogens with one attached hydrogen (secondary N) is 2. The fourth-order valence-electron chi connectivity index (χ4n) is 3.24. The molecule has 1 saturated heterocycles. The van der Waals surface area contributed by atoms with Gasteiger partial charge in [-0.2, -0.15) is 0 Å². The lowest BCUT2D eigenvalue weighted by Gasteiger charge is -2.34. The smallest absolute Gasteiger partial charge is 0.191 e. The fraction of sp³-hybridized carbons (Fsp3) is 0.667. The standard InChI is InChI=1S/C21H37N5/c1-4-22-21(24-19(2)3)23-12-8-9-13-25-14-16-26(17-15-25)18-20-10-6-5-7-11-20/h5-7,10-11,19H,4,8-9,12-18H2,1-3H3,(H2,22,23,24). The SMILES string of the molecule is CCNC(=NCCCCN1CCN(Cc2ccccc2)CC1)NC(C)C. The monoisotopic (exact) mass is 359 g/mol. The number of benzene rings is 1. The molecule has 0 atom stereocenters. The molecule has 1 heterocycles. The summed E-state index contributed by atoms with van der Waals surface area (Å²) in [6.07, 6.45) is 2.38. The molecule has 1 aromatic carbocycles. The second kappa shape index (κ2) is 11.9. The van der Waals surface area contributed by atoms with E-state index in [-0.39, 0.29) is 0 Å². The van der Waals surface area contributed by atoms with Gasteiger partial charge in [0.1, 0.15) is 0 Å². The molecule has 1 aromatic rings. The molecule has 0 aliphatic carbocycles. The maximum Gasteiger partial charge on any atom is 0.191 e. The van der Waals surface area contributed by atoms with Crippen LogP contribution in [0.1, 0.15) is 39.2 Å². The number of piperazine rings is 1. The third kappa shape index (κ3) is 8.19. The van der Waals surface area contributed by atoms with Crippen molar-refractivity contribution in [3.63, 3.8) is 0 Å². The zero-order valence-corrected chi connectivity index (χ0v) is 16.9. The predicted octanol–water partition coefficient (Wildman–Crippen LogP) is 2.55. The molecule has 0 unspecified atom stereocenters. The summed E-state index contributed by atoms with van der Waals surface area (Å²) in [6.45, 7) is 15.2. The molecule has 26 heavy (non-hydrogen) atoms. The Labute approximate surface area is 159 Å². The van der Waals surface area contributed by atoms with Gasteiger partial charge in [-0.1, -0.05) is 30.3 Å². The Hall–Kier alpha value is -1.59. The van der Waals surface area contributed by atoms with Gasteiger partial charge >= 0.3 is 0 Å². The van der Waals surface area contributed by atoms with Crippen LogP contribution in [-0.4, -0.2) is 67.6 Å². The van der Waals surface area contributed by atoms with E-state index >= 15 is 0 Å². The van der Waals surface area contributed by atoms with Crippen molar-refractivity contribution in [2.75, 3.05) is 45.8 Å². The molecule has 1 aliphatic rings. The Kier molecular flexibility index (Phi) is 9.50. The molecule has 5 heteroatoms. The van der Waals surface area contributed by atoms with Crippen molar-refractivity contribution >= 4 is 5.96 Å². The molecule has 0 radical (unpaired) electrons. The Bertz CT molecular complexity index is 506. The average molecular weight is 360 g/mol. The number of unbranched alkanes of at least 4 members (excludes halogenated alkanes) is 1. The lowest BCUT2D eigenvalue weighted by atomic mass is 10.2. The highest BCUT2D eigenvalue weighted by molar-refractivity contribution is 5.79. The van der Waals surface area contributed by atoms with Crippen LogP contribution in [-0.2, 0) is 6.54 Å². The minimum Gasteiger partial charge on any atom is -0.357 e. The summed E-state index contributed by atoms with van der Waals surface area (Å²) in [5.74, 6) is 0.942. The van der Waals surface area contributed by atoms with E-state index in [2.05, 4.69) is 76.5 Å². The summed E-state index contributed by atoms with van der Waals surface area (Å²) in [5.41, 5.74) is 1.42. The lowest BCUT2D eigenvalue weighted by Crippen LogP contribution is -2.46. The molecule has 1 aliphatic heterocycles. The summed E-state index contributed by atoms with van der Waals surface area (Å²) in [4.78, 5) is 9.83. The van der Waals surface area contributed by atoms with Gasteiger partial charge in [0, 0.05) is 51.9 Å². The first-order valence-electron chi connectivity index (χ1n) is 10.2. The molecule has 5 nitrogen and oxygen atoms in total. The molecule has 2 rings (SSSR count). The number of nitrogens with zero attached hydrogens (tertiary/aromatic N) is 3. The molecule has 2 N–H and O–H groups in total. The fourth-order valence-corrected chi connectivity index (χ4v) is 3.24. The third-order valence-corrected chi connectivity index (χ3v) is 4.64. The van der Waals surface area contributed by atoms with Crippen molar-refractivity contribution in [3.05, 3.63) is 35.9 Å². The minimum absolute atomic E-state index is 0.417. The molecule has 0 bridgehead atoms. The first-order valence-corrected chi connectivity index (χ1v) is 10.2. The van der Waals surface area contributed by atoms with E-state index in [1.807, 2.05) is 0 Å². The van der Waals surface area contributed by atoms with Crippen LogP contribution in [0.3, 0.4) is 0 Å². The largest absolute Gasteiger partial charge is 0.357 e. The van der Waals surface area contributed by atoms with Gasteiger partial charge < -0.3 is 15.5 Å². The Morgan fingerprint density at radius 2 is 1.73 bits per heavy atom. The summed E-state index contributed by atoms with van der Waals surface area (Å²) < 4.78 is 0. The van der Waals surface area contributed by atoms with Crippen molar-refractivity contribution in [3.8, 4) is 0 Å². The van der Waals surface area contributed by atoms with E-state index in [0.717, 1.165) is 32.0 Å². The molecule has 146 valence electrons. The highest BCUT2D eigenvalue weighted by Crippen LogP contribution is 2.09. The van der Waals surface area contributed by atoms with Crippen LogP contribution in [0.25, 0.3) is 0 Å². The van der Waals surface area contributed by atoms with Gasteiger partial charge in [-0.15, -0.1) is 0 Å². The summed E-state index contributed by atoms with van der Waals surface area (Å²) in [7, 11) is 0. The summed E-state index contributed by atoms with van der Waals surface area (Å²) >= 11 is 0. The van der Waals surface area contributed by atoms with Crippen molar-refractivity contribution in [2.24, 2.45) is 4.99 Å². The van der Waals surface area contributed by atoms with Gasteiger partial charge in [-0.05, 0) is 45.7 Å². The maximum absolute atomic E-state index is 4.66.